The van der Waals surface area contributed by atoms with Crippen LogP contribution in [-0.2, 0) is 11.3 Å². The number of aromatic amines is 1. The Kier molecular flexibility index (Phi) is 9.47. The Morgan fingerprint density at radius 3 is 2.46 bits per heavy atom. The molecule has 1 heterocycles. The minimum absolute atomic E-state index is 0.0288. The van der Waals surface area contributed by atoms with Crippen molar-refractivity contribution >= 4 is 51.0 Å². The number of hydrogen-bond acceptors (Lipinski definition) is 5. The van der Waals surface area contributed by atoms with Crippen LogP contribution in [0.5, 0.6) is 11.5 Å². The predicted octanol–water partition coefficient (Wildman–Crippen LogP) is 5.85. The van der Waals surface area contributed by atoms with Crippen LogP contribution in [0.4, 0.5) is 17.6 Å². The highest BCUT2D eigenvalue weighted by atomic mass is 79.9. The minimum atomic E-state index is -5.08. The number of nitrogens with zero attached hydrogens (tertiary/aromatic N) is 2. The van der Waals surface area contributed by atoms with Gasteiger partial charge in [0.15, 0.2) is 17.3 Å². The Balaban J connectivity index is 0.000000540. The number of H-pyrrole nitrogens is 1. The van der Waals surface area contributed by atoms with Crippen LogP contribution in [0.2, 0.25) is 10.0 Å². The van der Waals surface area contributed by atoms with E-state index in [0.29, 0.717) is 4.60 Å². The molecule has 0 aliphatic rings. The molecule has 0 unspecified atom stereocenters. The Morgan fingerprint density at radius 1 is 1.26 bits per heavy atom. The largest absolute Gasteiger partial charge is 0.490 e. The van der Waals surface area contributed by atoms with E-state index in [9.17, 15) is 22.4 Å². The molecule has 0 spiro atoms. The maximum atomic E-state index is 14.9. The first kappa shape index (κ1) is 27.9. The Hall–Kier alpha value is -3.34. The van der Waals surface area contributed by atoms with Crippen molar-refractivity contribution in [2.24, 2.45) is 0 Å². The van der Waals surface area contributed by atoms with Gasteiger partial charge in [-0.1, -0.05) is 29.3 Å². The van der Waals surface area contributed by atoms with Gasteiger partial charge in [0, 0.05) is 17.1 Å². The van der Waals surface area contributed by atoms with Crippen molar-refractivity contribution in [2.75, 3.05) is 0 Å². The number of ether oxygens (including phenoxy) is 1. The van der Waals surface area contributed by atoms with Crippen LogP contribution in [0.25, 0.3) is 0 Å². The zero-order valence-corrected chi connectivity index (χ0v) is 20.0. The lowest BCUT2D eigenvalue weighted by molar-refractivity contribution is -0.192. The summed E-state index contributed by atoms with van der Waals surface area (Å²) >= 11 is 15.2. The van der Waals surface area contributed by atoms with Gasteiger partial charge in [-0.2, -0.15) is 18.4 Å². The number of carbonyl (C=O) groups is 2. The molecule has 8 nitrogen and oxygen atoms in total. The molecule has 2 aromatic carbocycles. The van der Waals surface area contributed by atoms with Gasteiger partial charge in [-0.3, -0.25) is 4.79 Å². The molecule has 0 bridgehead atoms. The maximum Gasteiger partial charge on any atom is 0.490 e. The molecule has 184 valence electrons. The second-order valence-corrected chi connectivity index (χ2v) is 7.93. The quantitative estimate of drug-likeness (QED) is 0.317. The summed E-state index contributed by atoms with van der Waals surface area (Å²) in [6, 6.07) is 9.10. The number of hydrogen-bond donors (Lipinski definition) is 3. The van der Waals surface area contributed by atoms with Crippen LogP contribution in [-0.4, -0.2) is 33.1 Å². The van der Waals surface area contributed by atoms with Crippen molar-refractivity contribution < 1.29 is 37.0 Å². The summed E-state index contributed by atoms with van der Waals surface area (Å²) in [7, 11) is 0. The lowest BCUT2D eigenvalue weighted by atomic mass is 10.2. The van der Waals surface area contributed by atoms with Crippen LogP contribution in [0.1, 0.15) is 21.6 Å². The number of halogens is 7. The van der Waals surface area contributed by atoms with Gasteiger partial charge in [-0.25, -0.2) is 14.2 Å². The number of carboxylic acid groups (broad SMARTS) is 1. The van der Waals surface area contributed by atoms with E-state index in [-0.39, 0.29) is 44.9 Å². The average molecular weight is 598 g/mol. The number of aliphatic carboxylic acids is 1. The molecule has 0 saturated heterocycles. The standard InChI is InChI=1S/C18H10BrCl2FN4O2.C2HF3O2/c19-17-15(25-8-26-17)18(27)24-7-10-1-2-13(21)16(14(10)22)28-12-4-9(6-23)3-11(20)5-12;3-2(4,5)1(6)7/h1-5,8H,7H2,(H,24,27)(H,25,26);(H,6,7). The van der Waals surface area contributed by atoms with E-state index in [0.717, 1.165) is 0 Å². The maximum absolute atomic E-state index is 14.9. The number of nitrogens with one attached hydrogen (secondary N) is 2. The van der Waals surface area contributed by atoms with E-state index in [2.05, 4.69) is 31.2 Å². The highest BCUT2D eigenvalue weighted by Crippen LogP contribution is 2.35. The zero-order valence-electron chi connectivity index (χ0n) is 16.9. The number of imidazole rings is 1. The number of alkyl halides is 3. The fraction of sp³-hybridized carbons (Fsp3) is 0.100. The van der Waals surface area contributed by atoms with Crippen LogP contribution < -0.4 is 10.1 Å². The highest BCUT2D eigenvalue weighted by molar-refractivity contribution is 9.10. The summed E-state index contributed by atoms with van der Waals surface area (Å²) in [6.07, 6.45) is -3.73. The average Bonchev–Trinajstić information content (AvgIpc) is 3.21. The van der Waals surface area contributed by atoms with E-state index in [1.165, 1.54) is 36.7 Å². The molecule has 15 heteroatoms. The smallest absolute Gasteiger partial charge is 0.475 e. The Labute approximate surface area is 212 Å². The normalized spacial score (nSPS) is 10.6. The summed E-state index contributed by atoms with van der Waals surface area (Å²) in [5.74, 6) is -4.06. The fourth-order valence-electron chi connectivity index (χ4n) is 2.30. The molecule has 0 atom stereocenters. The lowest BCUT2D eigenvalue weighted by Crippen LogP contribution is -2.24. The van der Waals surface area contributed by atoms with Gasteiger partial charge in [-0.05, 0) is 40.2 Å². The number of rotatable bonds is 5. The predicted molar refractivity (Wildman–Crippen MR) is 119 cm³/mol. The minimum Gasteiger partial charge on any atom is -0.475 e. The molecule has 0 fully saturated rings. The molecule has 0 aliphatic heterocycles. The summed E-state index contributed by atoms with van der Waals surface area (Å²) in [4.78, 5) is 27.6. The lowest BCUT2D eigenvalue weighted by Gasteiger charge is -2.13. The van der Waals surface area contributed by atoms with Crippen LogP contribution in [0, 0.1) is 17.1 Å². The van der Waals surface area contributed by atoms with E-state index >= 15 is 0 Å². The van der Waals surface area contributed by atoms with Gasteiger partial charge in [0.2, 0.25) is 0 Å². The van der Waals surface area contributed by atoms with Gasteiger partial charge in [0.25, 0.3) is 5.91 Å². The third-order valence-electron chi connectivity index (χ3n) is 3.84. The molecule has 35 heavy (non-hydrogen) atoms. The SMILES string of the molecule is N#Cc1cc(Cl)cc(Oc2c(Cl)ccc(CNC(=O)c3nc[nH]c3Br)c2F)c1.O=C(O)C(F)(F)F. The van der Waals surface area contributed by atoms with Crippen LogP contribution in [0.3, 0.4) is 0 Å². The summed E-state index contributed by atoms with van der Waals surface area (Å²) in [5, 5.41) is 19.0. The van der Waals surface area contributed by atoms with Crippen molar-refractivity contribution in [1.82, 2.24) is 15.3 Å². The number of carbonyl (C=O) groups excluding carboxylic acids is 1. The summed E-state index contributed by atoms with van der Waals surface area (Å²) < 4.78 is 52.6. The Morgan fingerprint density at radius 2 is 1.91 bits per heavy atom. The number of nitriles is 1. The molecule has 3 rings (SSSR count). The van der Waals surface area contributed by atoms with E-state index in [4.69, 9.17) is 43.1 Å². The summed E-state index contributed by atoms with van der Waals surface area (Å²) in [5.41, 5.74) is 0.558. The topological polar surface area (TPSA) is 128 Å². The number of aromatic nitrogens is 2. The Bertz CT molecular complexity index is 1300. The van der Waals surface area contributed by atoms with Crippen LogP contribution >= 0.6 is 39.1 Å². The third kappa shape index (κ3) is 7.84. The number of amides is 1. The molecular formula is C20H11BrCl2F4N4O4. The van der Waals surface area contributed by atoms with Crippen molar-refractivity contribution in [3.05, 3.63) is 73.9 Å². The van der Waals surface area contributed by atoms with Gasteiger partial charge in [-0.15, -0.1) is 0 Å². The van der Waals surface area contributed by atoms with E-state index in [1.807, 2.05) is 6.07 Å². The van der Waals surface area contributed by atoms with E-state index in [1.54, 1.807) is 0 Å². The molecule has 3 aromatic rings. The van der Waals surface area contributed by atoms with Crippen LogP contribution in [0.15, 0.2) is 41.3 Å². The molecule has 3 N–H and O–H groups in total. The van der Waals surface area contributed by atoms with Crippen molar-refractivity contribution in [3.63, 3.8) is 0 Å². The first-order valence-corrected chi connectivity index (χ1v) is 10.5. The molecule has 1 amide bonds. The van der Waals surface area contributed by atoms with Gasteiger partial charge in [0.05, 0.1) is 23.0 Å². The molecule has 0 radical (unpaired) electrons. The first-order chi connectivity index (χ1) is 16.3. The molecular weight excluding hydrogens is 587 g/mol. The van der Waals surface area contributed by atoms with Crippen molar-refractivity contribution in [3.8, 4) is 17.6 Å². The summed E-state index contributed by atoms with van der Waals surface area (Å²) in [6.45, 7) is -0.115. The highest BCUT2D eigenvalue weighted by Gasteiger charge is 2.38. The second kappa shape index (κ2) is 11.9. The number of carboxylic acids is 1. The molecule has 0 saturated carbocycles. The monoisotopic (exact) mass is 596 g/mol. The zero-order chi connectivity index (χ0) is 26.3. The van der Waals surface area contributed by atoms with E-state index < -0.39 is 23.9 Å². The van der Waals surface area contributed by atoms with Crippen molar-refractivity contribution in [2.45, 2.75) is 12.7 Å². The van der Waals surface area contributed by atoms with Gasteiger partial charge < -0.3 is 20.1 Å². The second-order valence-electron chi connectivity index (χ2n) is 6.29. The van der Waals surface area contributed by atoms with Crippen molar-refractivity contribution in [1.29, 1.82) is 5.26 Å². The number of benzene rings is 2. The first-order valence-electron chi connectivity index (χ1n) is 8.96. The van der Waals surface area contributed by atoms with Gasteiger partial charge in [0.1, 0.15) is 10.4 Å². The fourth-order valence-corrected chi connectivity index (χ4v) is 3.10. The van der Waals surface area contributed by atoms with Gasteiger partial charge >= 0.3 is 12.1 Å². The molecule has 1 aromatic heterocycles. The third-order valence-corrected chi connectivity index (χ3v) is 4.96. The molecule has 0 aliphatic carbocycles.